The van der Waals surface area contributed by atoms with E-state index < -0.39 is 11.9 Å². The van der Waals surface area contributed by atoms with Gasteiger partial charge in [0.25, 0.3) is 0 Å². The van der Waals surface area contributed by atoms with E-state index in [0.717, 1.165) is 34.4 Å². The van der Waals surface area contributed by atoms with E-state index in [2.05, 4.69) is 13.2 Å². The van der Waals surface area contributed by atoms with Crippen molar-refractivity contribution in [3.05, 3.63) is 97.5 Å². The lowest BCUT2D eigenvalue weighted by atomic mass is 10.0. The number of hydrogen-bond donors (Lipinski definition) is 0. The first kappa shape index (κ1) is 18.7. The molecule has 0 aliphatic carbocycles. The molecule has 0 aliphatic rings. The van der Waals surface area contributed by atoms with Crippen LogP contribution in [-0.2, 0) is 19.1 Å². The van der Waals surface area contributed by atoms with Crippen molar-refractivity contribution in [2.24, 2.45) is 0 Å². The van der Waals surface area contributed by atoms with Gasteiger partial charge in [-0.1, -0.05) is 61.7 Å². The molecule has 4 nitrogen and oxygen atoms in total. The van der Waals surface area contributed by atoms with E-state index in [1.54, 1.807) is 12.2 Å². The number of carbonyl (C=O) groups excluding carboxylic acids is 2. The summed E-state index contributed by atoms with van der Waals surface area (Å²) in [5, 5.41) is 0. The van der Waals surface area contributed by atoms with Crippen molar-refractivity contribution in [1.29, 1.82) is 0 Å². The van der Waals surface area contributed by atoms with Gasteiger partial charge in [-0.2, -0.15) is 0 Å². The minimum Gasteiger partial charge on any atom is -0.431 e. The molecule has 2 aromatic rings. The van der Waals surface area contributed by atoms with Crippen molar-refractivity contribution in [2.45, 2.75) is 0 Å². The topological polar surface area (TPSA) is 52.6 Å². The van der Waals surface area contributed by atoms with Crippen molar-refractivity contribution in [2.75, 3.05) is 0 Å². The molecule has 0 amide bonds. The summed E-state index contributed by atoms with van der Waals surface area (Å²) in [6.07, 6.45) is 8.28. The van der Waals surface area contributed by atoms with Crippen molar-refractivity contribution in [3.8, 4) is 11.1 Å². The number of carbonyl (C=O) groups is 2. The van der Waals surface area contributed by atoms with Crippen LogP contribution in [0.3, 0.4) is 0 Å². The molecule has 0 aromatic heterocycles. The van der Waals surface area contributed by atoms with E-state index >= 15 is 0 Å². The number of ether oxygens (including phenoxy) is 2. The maximum Gasteiger partial charge on any atom is 0.334 e. The van der Waals surface area contributed by atoms with E-state index in [1.165, 1.54) is 12.5 Å². The van der Waals surface area contributed by atoms with Crippen molar-refractivity contribution in [1.82, 2.24) is 0 Å². The Labute approximate surface area is 152 Å². The van der Waals surface area contributed by atoms with E-state index in [0.29, 0.717) is 0 Å². The third kappa shape index (κ3) is 5.76. The molecule has 130 valence electrons. The SMILES string of the molecule is C=CC(=O)O/C=C/c1ccc(-c2ccc(/C=C/OC(=O)C=C)cc2)cc1. The van der Waals surface area contributed by atoms with Crippen LogP contribution >= 0.6 is 0 Å². The number of hydrogen-bond acceptors (Lipinski definition) is 4. The highest BCUT2D eigenvalue weighted by molar-refractivity contribution is 5.82. The first-order valence-electron chi connectivity index (χ1n) is 7.82. The molecular weight excluding hydrogens is 328 g/mol. The molecule has 4 heteroatoms. The van der Waals surface area contributed by atoms with Gasteiger partial charge < -0.3 is 9.47 Å². The lowest BCUT2D eigenvalue weighted by Gasteiger charge is -2.03. The highest BCUT2D eigenvalue weighted by Gasteiger charge is 1.98. The predicted octanol–water partition coefficient (Wildman–Crippen LogP) is 4.75. The quantitative estimate of drug-likeness (QED) is 0.412. The zero-order chi connectivity index (χ0) is 18.8. The number of esters is 2. The molecule has 0 bridgehead atoms. The van der Waals surface area contributed by atoms with Crippen LogP contribution in [0.4, 0.5) is 0 Å². The second-order valence-electron chi connectivity index (χ2n) is 5.13. The molecule has 0 unspecified atom stereocenters. The second-order valence-corrected chi connectivity index (χ2v) is 5.13. The van der Waals surface area contributed by atoms with Gasteiger partial charge in [-0.15, -0.1) is 0 Å². The standard InChI is InChI=1S/C22H18O4/c1-3-21(23)25-15-13-17-5-9-19(10-6-17)20-11-7-18(8-12-20)14-16-26-22(24)4-2/h3-16H,1-2H2/b15-13+,16-14+. The summed E-state index contributed by atoms with van der Waals surface area (Å²) in [7, 11) is 0. The molecule has 0 spiro atoms. The highest BCUT2D eigenvalue weighted by atomic mass is 16.5. The highest BCUT2D eigenvalue weighted by Crippen LogP contribution is 2.21. The smallest absolute Gasteiger partial charge is 0.334 e. The van der Waals surface area contributed by atoms with Crippen LogP contribution in [0.15, 0.2) is 86.4 Å². The molecule has 2 rings (SSSR count). The van der Waals surface area contributed by atoms with E-state index in [-0.39, 0.29) is 0 Å². The fourth-order valence-electron chi connectivity index (χ4n) is 2.03. The van der Waals surface area contributed by atoms with Crippen LogP contribution in [0.5, 0.6) is 0 Å². The lowest BCUT2D eigenvalue weighted by molar-refractivity contribution is -0.133. The third-order valence-electron chi connectivity index (χ3n) is 3.38. The molecule has 0 aliphatic heterocycles. The molecule has 0 atom stereocenters. The molecular formula is C22H18O4. The van der Waals surface area contributed by atoms with E-state index in [4.69, 9.17) is 9.47 Å². The Bertz CT molecular complexity index is 767. The first-order chi connectivity index (χ1) is 12.6. The maximum atomic E-state index is 11.0. The molecule has 0 heterocycles. The maximum absolute atomic E-state index is 11.0. The third-order valence-corrected chi connectivity index (χ3v) is 3.38. The molecule has 0 fully saturated rings. The van der Waals surface area contributed by atoms with Crippen molar-refractivity contribution in [3.63, 3.8) is 0 Å². The average Bonchev–Trinajstić information content (AvgIpc) is 2.68. The van der Waals surface area contributed by atoms with E-state index in [9.17, 15) is 9.59 Å². The Morgan fingerprint density at radius 2 is 1.00 bits per heavy atom. The lowest BCUT2D eigenvalue weighted by Crippen LogP contribution is -1.91. The largest absolute Gasteiger partial charge is 0.431 e. The first-order valence-corrected chi connectivity index (χ1v) is 7.82. The number of rotatable bonds is 7. The Balaban J connectivity index is 2.00. The second kappa shape index (κ2) is 9.59. The number of benzene rings is 2. The monoisotopic (exact) mass is 346 g/mol. The van der Waals surface area contributed by atoms with Gasteiger partial charge in [0.2, 0.25) is 0 Å². The Morgan fingerprint density at radius 3 is 1.31 bits per heavy atom. The Kier molecular flexibility index (Phi) is 6.89. The van der Waals surface area contributed by atoms with Gasteiger partial charge >= 0.3 is 11.9 Å². The molecule has 0 radical (unpaired) electrons. The van der Waals surface area contributed by atoms with Gasteiger partial charge in [0, 0.05) is 12.2 Å². The zero-order valence-corrected chi connectivity index (χ0v) is 14.1. The summed E-state index contributed by atoms with van der Waals surface area (Å²) in [5.41, 5.74) is 3.93. The normalized spacial score (nSPS) is 10.6. The van der Waals surface area contributed by atoms with Gasteiger partial charge in [-0.3, -0.25) is 0 Å². The average molecular weight is 346 g/mol. The minimum absolute atomic E-state index is 0.494. The fourth-order valence-corrected chi connectivity index (χ4v) is 2.03. The summed E-state index contributed by atoms with van der Waals surface area (Å²) in [4.78, 5) is 21.9. The zero-order valence-electron chi connectivity index (χ0n) is 14.1. The van der Waals surface area contributed by atoms with Gasteiger partial charge in [0.05, 0.1) is 12.5 Å². The fraction of sp³-hybridized carbons (Fsp3) is 0. The molecule has 26 heavy (non-hydrogen) atoms. The summed E-state index contributed by atoms with van der Waals surface area (Å²) >= 11 is 0. The van der Waals surface area contributed by atoms with Gasteiger partial charge in [-0.25, -0.2) is 9.59 Å². The molecule has 0 N–H and O–H groups in total. The van der Waals surface area contributed by atoms with Crippen LogP contribution in [-0.4, -0.2) is 11.9 Å². The summed E-state index contributed by atoms with van der Waals surface area (Å²) in [6, 6.07) is 15.6. The van der Waals surface area contributed by atoms with Gasteiger partial charge in [0.1, 0.15) is 0 Å². The Hall–Kier alpha value is -3.66. The molecule has 2 aromatic carbocycles. The summed E-state index contributed by atoms with van der Waals surface area (Å²) in [6.45, 7) is 6.65. The van der Waals surface area contributed by atoms with Gasteiger partial charge in [-0.05, 0) is 34.4 Å². The van der Waals surface area contributed by atoms with Crippen LogP contribution < -0.4 is 0 Å². The van der Waals surface area contributed by atoms with E-state index in [1.807, 2.05) is 48.5 Å². The summed E-state index contributed by atoms with van der Waals surface area (Å²) < 4.78 is 9.59. The van der Waals surface area contributed by atoms with Crippen LogP contribution in [0.2, 0.25) is 0 Å². The minimum atomic E-state index is -0.494. The van der Waals surface area contributed by atoms with Crippen molar-refractivity contribution >= 4 is 24.1 Å². The molecule has 0 saturated heterocycles. The van der Waals surface area contributed by atoms with Crippen LogP contribution in [0.1, 0.15) is 11.1 Å². The van der Waals surface area contributed by atoms with Crippen LogP contribution in [0.25, 0.3) is 23.3 Å². The molecule has 0 saturated carbocycles. The van der Waals surface area contributed by atoms with Crippen LogP contribution in [0, 0.1) is 0 Å². The Morgan fingerprint density at radius 1 is 0.654 bits per heavy atom. The predicted molar refractivity (Wildman–Crippen MR) is 103 cm³/mol. The van der Waals surface area contributed by atoms with Gasteiger partial charge in [0.15, 0.2) is 0 Å². The van der Waals surface area contributed by atoms with Crippen molar-refractivity contribution < 1.29 is 19.1 Å². The summed E-state index contributed by atoms with van der Waals surface area (Å²) in [5.74, 6) is -0.988.